The van der Waals surface area contributed by atoms with Gasteiger partial charge in [0.2, 0.25) is 0 Å². The number of aryl methyl sites for hydroxylation is 4. The summed E-state index contributed by atoms with van der Waals surface area (Å²) in [5.74, 6) is 0.841. The summed E-state index contributed by atoms with van der Waals surface area (Å²) in [4.78, 5) is 13.0. The zero-order valence-electron chi connectivity index (χ0n) is 16.5. The molecule has 0 saturated heterocycles. The monoisotopic (exact) mass is 340 g/mol. The molecule has 0 bridgehead atoms. The number of ether oxygens (including phenoxy) is 2. The molecular formula is C22H28O3. The maximum absolute atomic E-state index is 13.0. The molecule has 3 heteroatoms. The molecule has 2 aromatic rings. The van der Waals surface area contributed by atoms with Gasteiger partial charge in [-0.2, -0.15) is 0 Å². The number of carbonyl (C=O) groups is 1. The van der Waals surface area contributed by atoms with E-state index in [9.17, 15) is 4.79 Å². The van der Waals surface area contributed by atoms with Crippen LogP contribution in [-0.2, 0) is 5.41 Å². The van der Waals surface area contributed by atoms with Crippen LogP contribution >= 0.6 is 0 Å². The molecule has 0 spiro atoms. The fourth-order valence-electron chi connectivity index (χ4n) is 3.09. The fraction of sp³-hybridized carbons (Fsp3) is 0.409. The third-order valence-corrected chi connectivity index (χ3v) is 4.39. The minimum absolute atomic E-state index is 0.127. The molecule has 2 rings (SSSR count). The van der Waals surface area contributed by atoms with Gasteiger partial charge in [-0.3, -0.25) is 0 Å². The van der Waals surface area contributed by atoms with Gasteiger partial charge < -0.3 is 9.47 Å². The molecule has 0 aliphatic carbocycles. The van der Waals surface area contributed by atoms with E-state index in [0.717, 1.165) is 27.8 Å². The van der Waals surface area contributed by atoms with Gasteiger partial charge in [-0.05, 0) is 49.8 Å². The van der Waals surface area contributed by atoms with Crippen molar-refractivity contribution in [1.29, 1.82) is 0 Å². The van der Waals surface area contributed by atoms with E-state index in [1.54, 1.807) is 7.11 Å². The Hall–Kier alpha value is -2.29. The van der Waals surface area contributed by atoms with Crippen molar-refractivity contribution in [3.05, 3.63) is 57.6 Å². The average molecular weight is 340 g/mol. The molecule has 0 unspecified atom stereocenters. The van der Waals surface area contributed by atoms with E-state index >= 15 is 0 Å². The quantitative estimate of drug-likeness (QED) is 0.551. The van der Waals surface area contributed by atoms with Gasteiger partial charge >= 0.3 is 5.97 Å². The first-order chi connectivity index (χ1) is 11.6. The van der Waals surface area contributed by atoms with Crippen LogP contribution in [0.15, 0.2) is 24.3 Å². The number of esters is 1. The lowest BCUT2D eigenvalue weighted by atomic mass is 9.84. The molecule has 0 amide bonds. The van der Waals surface area contributed by atoms with Crippen LogP contribution in [0.2, 0.25) is 0 Å². The second kappa shape index (κ2) is 6.91. The van der Waals surface area contributed by atoms with Crippen LogP contribution in [0.1, 0.15) is 58.9 Å². The minimum Gasteiger partial charge on any atom is -0.496 e. The van der Waals surface area contributed by atoms with Gasteiger partial charge in [-0.15, -0.1) is 0 Å². The predicted octanol–water partition coefficient (Wildman–Crippen LogP) is 5.45. The van der Waals surface area contributed by atoms with Gasteiger partial charge in [0.1, 0.15) is 17.1 Å². The van der Waals surface area contributed by atoms with Crippen molar-refractivity contribution in [2.24, 2.45) is 0 Å². The van der Waals surface area contributed by atoms with E-state index in [1.165, 1.54) is 0 Å². The first kappa shape index (κ1) is 19.0. The Bertz CT molecular complexity index is 811. The van der Waals surface area contributed by atoms with Crippen LogP contribution < -0.4 is 9.47 Å². The molecule has 3 nitrogen and oxygen atoms in total. The van der Waals surface area contributed by atoms with Crippen molar-refractivity contribution >= 4 is 5.97 Å². The van der Waals surface area contributed by atoms with Gasteiger partial charge in [0.25, 0.3) is 0 Å². The summed E-state index contributed by atoms with van der Waals surface area (Å²) < 4.78 is 11.4. The van der Waals surface area contributed by atoms with Crippen molar-refractivity contribution in [2.45, 2.75) is 53.9 Å². The number of rotatable bonds is 3. The summed E-state index contributed by atoms with van der Waals surface area (Å²) >= 11 is 0. The summed E-state index contributed by atoms with van der Waals surface area (Å²) in [7, 11) is 1.58. The molecule has 2 aromatic carbocycles. The molecule has 0 heterocycles. The van der Waals surface area contributed by atoms with E-state index < -0.39 is 0 Å². The molecule has 25 heavy (non-hydrogen) atoms. The maximum atomic E-state index is 13.0. The Morgan fingerprint density at radius 2 is 1.48 bits per heavy atom. The summed E-state index contributed by atoms with van der Waals surface area (Å²) in [5, 5.41) is 0. The second-order valence-corrected chi connectivity index (χ2v) is 7.71. The van der Waals surface area contributed by atoms with Gasteiger partial charge in [0.05, 0.1) is 7.11 Å². The van der Waals surface area contributed by atoms with Crippen LogP contribution in [0.25, 0.3) is 0 Å². The Morgan fingerprint density at radius 3 is 2.04 bits per heavy atom. The summed E-state index contributed by atoms with van der Waals surface area (Å²) in [5.41, 5.74) is 5.27. The third-order valence-electron chi connectivity index (χ3n) is 4.39. The first-order valence-electron chi connectivity index (χ1n) is 8.54. The zero-order chi connectivity index (χ0) is 18.9. The summed E-state index contributed by atoms with van der Waals surface area (Å²) in [6.45, 7) is 14.2. The van der Waals surface area contributed by atoms with Gasteiger partial charge in [0.15, 0.2) is 0 Å². The van der Waals surface area contributed by atoms with Crippen molar-refractivity contribution in [3.8, 4) is 11.5 Å². The fourth-order valence-corrected chi connectivity index (χ4v) is 3.09. The predicted molar refractivity (Wildman–Crippen MR) is 102 cm³/mol. The lowest BCUT2D eigenvalue weighted by Crippen LogP contribution is -2.19. The number of carbonyl (C=O) groups excluding carboxylic acids is 1. The van der Waals surface area contributed by atoms with Crippen molar-refractivity contribution < 1.29 is 14.3 Å². The minimum atomic E-state index is -0.379. The normalized spacial score (nSPS) is 11.4. The van der Waals surface area contributed by atoms with E-state index in [-0.39, 0.29) is 11.4 Å². The summed E-state index contributed by atoms with van der Waals surface area (Å²) in [6, 6.07) is 8.00. The zero-order valence-corrected chi connectivity index (χ0v) is 16.5. The molecule has 0 atom stereocenters. The van der Waals surface area contributed by atoms with E-state index in [4.69, 9.17) is 9.47 Å². The van der Waals surface area contributed by atoms with Crippen LogP contribution in [-0.4, -0.2) is 13.1 Å². The number of methoxy groups -OCH3 is 1. The first-order valence-corrected chi connectivity index (χ1v) is 8.54. The molecule has 0 N–H and O–H groups in total. The van der Waals surface area contributed by atoms with Crippen molar-refractivity contribution in [3.63, 3.8) is 0 Å². The maximum Gasteiger partial charge on any atom is 0.347 e. The Balaban J connectivity index is 2.55. The number of hydrogen-bond acceptors (Lipinski definition) is 3. The van der Waals surface area contributed by atoms with E-state index in [1.807, 2.05) is 39.0 Å². The van der Waals surface area contributed by atoms with Gasteiger partial charge in [0, 0.05) is 5.56 Å². The molecular weight excluding hydrogens is 312 g/mol. The Labute approximate surface area is 151 Å². The molecule has 0 aliphatic heterocycles. The van der Waals surface area contributed by atoms with Crippen molar-refractivity contribution in [2.75, 3.05) is 7.11 Å². The van der Waals surface area contributed by atoms with Crippen LogP contribution in [0, 0.1) is 27.7 Å². The largest absolute Gasteiger partial charge is 0.496 e. The molecule has 0 aliphatic rings. The van der Waals surface area contributed by atoms with Crippen LogP contribution in [0.5, 0.6) is 11.5 Å². The second-order valence-electron chi connectivity index (χ2n) is 7.71. The Kier molecular flexibility index (Phi) is 5.26. The smallest absolute Gasteiger partial charge is 0.347 e. The standard InChI is InChI=1S/C22H28O3/c1-13-11-16(4)19(17(12-13)22(5,6)7)25-21(23)18-14(2)9-10-15(3)20(18)24-8/h9-12H,1-8H3. The van der Waals surface area contributed by atoms with E-state index in [0.29, 0.717) is 17.1 Å². The van der Waals surface area contributed by atoms with Crippen LogP contribution in [0.4, 0.5) is 0 Å². The highest BCUT2D eigenvalue weighted by Crippen LogP contribution is 2.36. The molecule has 0 aromatic heterocycles. The highest BCUT2D eigenvalue weighted by Gasteiger charge is 2.25. The topological polar surface area (TPSA) is 35.5 Å². The van der Waals surface area contributed by atoms with Crippen molar-refractivity contribution in [1.82, 2.24) is 0 Å². The lowest BCUT2D eigenvalue weighted by Gasteiger charge is -2.25. The number of benzene rings is 2. The summed E-state index contributed by atoms with van der Waals surface area (Å²) in [6.07, 6.45) is 0. The third kappa shape index (κ3) is 3.87. The Morgan fingerprint density at radius 1 is 0.880 bits per heavy atom. The molecule has 0 fully saturated rings. The van der Waals surface area contributed by atoms with Gasteiger partial charge in [-0.25, -0.2) is 4.79 Å². The number of hydrogen-bond donors (Lipinski definition) is 0. The average Bonchev–Trinajstić information content (AvgIpc) is 2.50. The highest BCUT2D eigenvalue weighted by atomic mass is 16.5. The molecule has 0 saturated carbocycles. The van der Waals surface area contributed by atoms with Crippen LogP contribution in [0.3, 0.4) is 0 Å². The molecule has 0 radical (unpaired) electrons. The molecule has 134 valence electrons. The lowest BCUT2D eigenvalue weighted by molar-refractivity contribution is 0.0726. The van der Waals surface area contributed by atoms with Gasteiger partial charge in [-0.1, -0.05) is 50.6 Å². The van der Waals surface area contributed by atoms with E-state index in [2.05, 4.69) is 33.8 Å². The highest BCUT2D eigenvalue weighted by molar-refractivity contribution is 5.96. The SMILES string of the molecule is COc1c(C)ccc(C)c1C(=O)Oc1c(C)cc(C)cc1C(C)(C)C.